The summed E-state index contributed by atoms with van der Waals surface area (Å²) in [5, 5.41) is 1.11. The Bertz CT molecular complexity index is 46.3. The predicted octanol–water partition coefficient (Wildman–Crippen LogP) is 1.83. The number of nitrogens with two attached hydrogens (primary N) is 1. The lowest BCUT2D eigenvalue weighted by molar-refractivity contribution is 0.133. The van der Waals surface area contributed by atoms with E-state index in [2.05, 4.69) is 20.8 Å². The summed E-state index contributed by atoms with van der Waals surface area (Å²) in [6, 6.07) is 0. The molecule has 0 saturated heterocycles. The molecule has 0 spiro atoms. The van der Waals surface area contributed by atoms with Crippen LogP contribution in [0.15, 0.2) is 0 Å². The number of halogens is 1. The zero-order chi connectivity index (χ0) is 6.95. The maximum absolute atomic E-state index is 4.83. The molecule has 0 heterocycles. The van der Waals surface area contributed by atoms with E-state index in [4.69, 9.17) is 5.90 Å². The number of hydrogen-bond donors (Lipinski definition) is 1. The predicted molar refractivity (Wildman–Crippen MR) is 42.4 cm³/mol. The third-order valence-electron chi connectivity index (χ3n) is 1.15. The van der Waals surface area contributed by atoms with Crippen molar-refractivity contribution in [1.29, 1.82) is 0 Å². The summed E-state index contributed by atoms with van der Waals surface area (Å²) >= 11 is 3.36. The SMILES string of the molecule is NOCCCCCCBr. The molecule has 0 amide bonds. The molecule has 0 atom stereocenters. The molecule has 0 aliphatic rings. The van der Waals surface area contributed by atoms with Crippen LogP contribution in [0.5, 0.6) is 0 Å². The molecule has 0 aromatic carbocycles. The van der Waals surface area contributed by atoms with Gasteiger partial charge in [-0.25, -0.2) is 5.90 Å². The van der Waals surface area contributed by atoms with Crippen LogP contribution in [-0.2, 0) is 4.84 Å². The van der Waals surface area contributed by atoms with Crippen molar-refractivity contribution in [2.24, 2.45) is 5.90 Å². The van der Waals surface area contributed by atoms with Gasteiger partial charge < -0.3 is 4.84 Å². The Morgan fingerprint density at radius 1 is 1.11 bits per heavy atom. The van der Waals surface area contributed by atoms with E-state index in [1.54, 1.807) is 0 Å². The van der Waals surface area contributed by atoms with Gasteiger partial charge in [0.05, 0.1) is 6.61 Å². The highest BCUT2D eigenvalue weighted by Gasteiger charge is 1.86. The molecule has 0 rings (SSSR count). The van der Waals surface area contributed by atoms with Crippen LogP contribution < -0.4 is 5.90 Å². The van der Waals surface area contributed by atoms with Crippen molar-refractivity contribution in [3.05, 3.63) is 0 Å². The van der Waals surface area contributed by atoms with Gasteiger partial charge in [-0.3, -0.25) is 0 Å². The Morgan fingerprint density at radius 2 is 1.78 bits per heavy atom. The van der Waals surface area contributed by atoms with E-state index in [1.165, 1.54) is 19.3 Å². The lowest BCUT2D eigenvalue weighted by Gasteiger charge is -1.96. The monoisotopic (exact) mass is 195 g/mol. The van der Waals surface area contributed by atoms with Crippen LogP contribution in [-0.4, -0.2) is 11.9 Å². The summed E-state index contributed by atoms with van der Waals surface area (Å²) in [7, 11) is 0. The van der Waals surface area contributed by atoms with Gasteiger partial charge in [-0.2, -0.15) is 0 Å². The van der Waals surface area contributed by atoms with Crippen molar-refractivity contribution in [3.63, 3.8) is 0 Å². The summed E-state index contributed by atoms with van der Waals surface area (Å²) in [6.07, 6.45) is 4.84. The van der Waals surface area contributed by atoms with E-state index in [1.807, 2.05) is 0 Å². The summed E-state index contributed by atoms with van der Waals surface area (Å²) in [4.78, 5) is 4.41. The van der Waals surface area contributed by atoms with E-state index in [0.29, 0.717) is 6.61 Å². The molecule has 2 nitrogen and oxygen atoms in total. The fraction of sp³-hybridized carbons (Fsp3) is 1.00. The molecule has 2 N–H and O–H groups in total. The van der Waals surface area contributed by atoms with Crippen molar-refractivity contribution in [2.45, 2.75) is 25.7 Å². The third kappa shape index (κ3) is 8.40. The highest BCUT2D eigenvalue weighted by atomic mass is 79.9. The van der Waals surface area contributed by atoms with Gasteiger partial charge in [0.1, 0.15) is 0 Å². The Labute approximate surface area is 64.8 Å². The minimum absolute atomic E-state index is 0.697. The molecular weight excluding hydrogens is 182 g/mol. The molecule has 0 unspecified atom stereocenters. The normalized spacial score (nSPS) is 10.0. The van der Waals surface area contributed by atoms with Crippen LogP contribution >= 0.6 is 15.9 Å². The van der Waals surface area contributed by atoms with Crippen LogP contribution in [0.4, 0.5) is 0 Å². The second-order valence-electron chi connectivity index (χ2n) is 1.97. The van der Waals surface area contributed by atoms with Gasteiger partial charge in [-0.1, -0.05) is 28.8 Å². The maximum Gasteiger partial charge on any atom is 0.0679 e. The number of alkyl halides is 1. The average molecular weight is 196 g/mol. The summed E-state index contributed by atoms with van der Waals surface area (Å²) < 4.78 is 0. The van der Waals surface area contributed by atoms with Gasteiger partial charge in [0.2, 0.25) is 0 Å². The van der Waals surface area contributed by atoms with Crippen molar-refractivity contribution in [3.8, 4) is 0 Å². The number of hydrogen-bond acceptors (Lipinski definition) is 2. The highest BCUT2D eigenvalue weighted by molar-refractivity contribution is 9.09. The van der Waals surface area contributed by atoms with Crippen LogP contribution in [0.25, 0.3) is 0 Å². The molecule has 0 saturated carbocycles. The summed E-state index contributed by atoms with van der Waals surface area (Å²) in [5.74, 6) is 4.83. The van der Waals surface area contributed by atoms with E-state index in [-0.39, 0.29) is 0 Å². The van der Waals surface area contributed by atoms with Crippen molar-refractivity contribution in [2.75, 3.05) is 11.9 Å². The topological polar surface area (TPSA) is 35.2 Å². The fourth-order valence-electron chi connectivity index (χ4n) is 0.633. The van der Waals surface area contributed by atoms with Crippen molar-refractivity contribution in [1.82, 2.24) is 0 Å². The fourth-order valence-corrected chi connectivity index (χ4v) is 1.03. The largest absolute Gasteiger partial charge is 0.305 e. The molecule has 0 aliphatic heterocycles. The molecular formula is C6H14BrNO. The maximum atomic E-state index is 4.83. The quantitative estimate of drug-likeness (QED) is 0.399. The minimum atomic E-state index is 0.697. The van der Waals surface area contributed by atoms with Crippen molar-refractivity contribution >= 4 is 15.9 Å². The van der Waals surface area contributed by atoms with Gasteiger partial charge in [0.15, 0.2) is 0 Å². The van der Waals surface area contributed by atoms with E-state index >= 15 is 0 Å². The van der Waals surface area contributed by atoms with E-state index in [0.717, 1.165) is 11.8 Å². The molecule has 0 aromatic heterocycles. The summed E-state index contributed by atoms with van der Waals surface area (Å²) in [6.45, 7) is 0.697. The third-order valence-corrected chi connectivity index (χ3v) is 1.71. The van der Waals surface area contributed by atoms with Gasteiger partial charge >= 0.3 is 0 Å². The molecule has 0 aliphatic carbocycles. The van der Waals surface area contributed by atoms with Crippen molar-refractivity contribution < 1.29 is 4.84 Å². The van der Waals surface area contributed by atoms with Gasteiger partial charge in [-0.05, 0) is 12.8 Å². The first-order valence-corrected chi connectivity index (χ1v) is 4.41. The second-order valence-corrected chi connectivity index (χ2v) is 2.77. The molecule has 9 heavy (non-hydrogen) atoms. The molecule has 0 bridgehead atoms. The van der Waals surface area contributed by atoms with Gasteiger partial charge in [0, 0.05) is 5.33 Å². The summed E-state index contributed by atoms with van der Waals surface area (Å²) in [5.41, 5.74) is 0. The molecule has 0 fully saturated rings. The van der Waals surface area contributed by atoms with Crippen LogP contribution in [0.3, 0.4) is 0 Å². The van der Waals surface area contributed by atoms with Gasteiger partial charge in [-0.15, -0.1) is 0 Å². The lowest BCUT2D eigenvalue weighted by Crippen LogP contribution is -2.00. The smallest absolute Gasteiger partial charge is 0.0679 e. The van der Waals surface area contributed by atoms with Crippen LogP contribution in [0.1, 0.15) is 25.7 Å². The highest BCUT2D eigenvalue weighted by Crippen LogP contribution is 2.00. The Kier molecular flexibility index (Phi) is 8.77. The molecule has 56 valence electrons. The lowest BCUT2D eigenvalue weighted by atomic mass is 10.2. The Morgan fingerprint density at radius 3 is 2.33 bits per heavy atom. The first-order chi connectivity index (χ1) is 4.41. The standard InChI is InChI=1S/C6H14BrNO/c7-5-3-1-2-4-6-9-8/h1-6,8H2. The number of unbranched alkanes of at least 4 members (excludes halogenated alkanes) is 3. The molecule has 0 aromatic rings. The first-order valence-electron chi connectivity index (χ1n) is 3.29. The molecule has 0 radical (unpaired) electrons. The Hall–Kier alpha value is 0.400. The number of rotatable bonds is 6. The second kappa shape index (κ2) is 8.40. The Balaban J connectivity index is 2.60. The zero-order valence-electron chi connectivity index (χ0n) is 5.61. The van der Waals surface area contributed by atoms with Crippen LogP contribution in [0.2, 0.25) is 0 Å². The van der Waals surface area contributed by atoms with Gasteiger partial charge in [0.25, 0.3) is 0 Å². The minimum Gasteiger partial charge on any atom is -0.305 e. The zero-order valence-corrected chi connectivity index (χ0v) is 7.19. The van der Waals surface area contributed by atoms with E-state index < -0.39 is 0 Å². The average Bonchev–Trinajstić information content (AvgIpc) is 1.89. The van der Waals surface area contributed by atoms with E-state index in [9.17, 15) is 0 Å². The van der Waals surface area contributed by atoms with Crippen LogP contribution in [0, 0.1) is 0 Å². The first kappa shape index (κ1) is 9.40. The molecule has 3 heteroatoms.